The predicted octanol–water partition coefficient (Wildman–Crippen LogP) is 7.93. The molecule has 1 aliphatic rings. The number of thioether (sulfide) groups is 1. The third-order valence-corrected chi connectivity index (χ3v) is 7.20. The number of carbonyl (C=O) groups excluding carboxylic acids is 1. The van der Waals surface area contributed by atoms with Crippen LogP contribution in [0.5, 0.6) is 5.75 Å². The average Bonchev–Trinajstić information content (AvgIpc) is 3.21. The van der Waals surface area contributed by atoms with Gasteiger partial charge in [0.25, 0.3) is 5.91 Å². The van der Waals surface area contributed by atoms with Crippen molar-refractivity contribution in [3.8, 4) is 5.75 Å². The summed E-state index contributed by atoms with van der Waals surface area (Å²) in [5.74, 6) is 0.487. The Morgan fingerprint density at radius 1 is 0.971 bits per heavy atom. The van der Waals surface area contributed by atoms with Gasteiger partial charge in [0.1, 0.15) is 12.4 Å². The SMILES string of the molecule is Cc1c(Cl)cccc1N=C1NC(=O)/C(=C/c2c(OCc3ccc(Cl)cc3)ccc3ccccc23)S1. The third kappa shape index (κ3) is 5.22. The fraction of sp³-hybridized carbons (Fsp3) is 0.0714. The predicted molar refractivity (Wildman–Crippen MR) is 147 cm³/mol. The number of hydrogen-bond acceptors (Lipinski definition) is 4. The summed E-state index contributed by atoms with van der Waals surface area (Å²) in [6, 6.07) is 25.1. The number of aliphatic imine (C=N–C) groups is 1. The van der Waals surface area contributed by atoms with Crippen molar-refractivity contribution in [3.63, 3.8) is 0 Å². The van der Waals surface area contributed by atoms with Crippen molar-refractivity contribution in [2.45, 2.75) is 13.5 Å². The van der Waals surface area contributed by atoms with Crippen LogP contribution in [0.2, 0.25) is 10.0 Å². The van der Waals surface area contributed by atoms with Crippen molar-refractivity contribution in [3.05, 3.63) is 111 Å². The van der Waals surface area contributed by atoms with Gasteiger partial charge in [-0.3, -0.25) is 4.79 Å². The Morgan fingerprint density at radius 3 is 2.60 bits per heavy atom. The Morgan fingerprint density at radius 2 is 1.77 bits per heavy atom. The first-order valence-electron chi connectivity index (χ1n) is 10.9. The van der Waals surface area contributed by atoms with Crippen LogP contribution >= 0.6 is 35.0 Å². The van der Waals surface area contributed by atoms with Gasteiger partial charge >= 0.3 is 0 Å². The zero-order valence-electron chi connectivity index (χ0n) is 18.7. The Bertz CT molecular complexity index is 1500. The minimum atomic E-state index is -0.204. The highest BCUT2D eigenvalue weighted by Crippen LogP contribution is 2.36. The highest BCUT2D eigenvalue weighted by Gasteiger charge is 2.25. The second-order valence-electron chi connectivity index (χ2n) is 7.98. The first-order chi connectivity index (χ1) is 17.0. The molecule has 4 aromatic rings. The molecule has 1 saturated heterocycles. The molecule has 0 saturated carbocycles. The van der Waals surface area contributed by atoms with Crippen LogP contribution in [-0.2, 0) is 11.4 Å². The Kier molecular flexibility index (Phi) is 6.82. The van der Waals surface area contributed by atoms with E-state index in [-0.39, 0.29) is 5.91 Å². The number of halogens is 2. The van der Waals surface area contributed by atoms with Gasteiger partial charge < -0.3 is 10.1 Å². The van der Waals surface area contributed by atoms with Gasteiger partial charge in [0.05, 0.1) is 10.6 Å². The molecule has 1 aliphatic heterocycles. The van der Waals surface area contributed by atoms with Crippen molar-refractivity contribution < 1.29 is 9.53 Å². The second-order valence-corrected chi connectivity index (χ2v) is 9.85. The van der Waals surface area contributed by atoms with Gasteiger partial charge in [-0.1, -0.05) is 71.7 Å². The number of rotatable bonds is 5. The molecule has 7 heteroatoms. The zero-order chi connectivity index (χ0) is 24.4. The van der Waals surface area contributed by atoms with Crippen LogP contribution in [0.1, 0.15) is 16.7 Å². The molecule has 1 amide bonds. The first-order valence-corrected chi connectivity index (χ1v) is 12.5. The quantitative estimate of drug-likeness (QED) is 0.273. The van der Waals surface area contributed by atoms with Crippen molar-refractivity contribution >= 4 is 68.6 Å². The van der Waals surface area contributed by atoms with Gasteiger partial charge in [0.15, 0.2) is 5.17 Å². The number of carbonyl (C=O) groups is 1. The molecule has 0 unspecified atom stereocenters. The van der Waals surface area contributed by atoms with Crippen molar-refractivity contribution in [2.75, 3.05) is 0 Å². The maximum atomic E-state index is 12.8. The monoisotopic (exact) mass is 518 g/mol. The number of nitrogens with one attached hydrogen (secondary N) is 1. The van der Waals surface area contributed by atoms with Crippen LogP contribution in [0.15, 0.2) is 88.8 Å². The van der Waals surface area contributed by atoms with Gasteiger partial charge in [-0.25, -0.2) is 4.99 Å². The highest BCUT2D eigenvalue weighted by molar-refractivity contribution is 8.18. The van der Waals surface area contributed by atoms with E-state index in [0.29, 0.717) is 32.5 Å². The summed E-state index contributed by atoms with van der Waals surface area (Å²) in [4.78, 5) is 18.0. The van der Waals surface area contributed by atoms with Crippen molar-refractivity contribution in [2.24, 2.45) is 4.99 Å². The summed E-state index contributed by atoms with van der Waals surface area (Å²) in [6.07, 6.45) is 1.87. The molecule has 0 bridgehead atoms. The smallest absolute Gasteiger partial charge is 0.264 e. The van der Waals surface area contributed by atoms with E-state index >= 15 is 0 Å². The first kappa shape index (κ1) is 23.5. The molecule has 4 nitrogen and oxygen atoms in total. The number of amides is 1. The zero-order valence-corrected chi connectivity index (χ0v) is 21.0. The number of hydrogen-bond donors (Lipinski definition) is 1. The van der Waals surface area contributed by atoms with Crippen LogP contribution in [-0.4, -0.2) is 11.1 Å². The molecule has 0 radical (unpaired) electrons. The Labute approximate surface area is 217 Å². The molecule has 0 spiro atoms. The largest absolute Gasteiger partial charge is 0.488 e. The maximum Gasteiger partial charge on any atom is 0.264 e. The molecule has 174 valence electrons. The van der Waals surface area contributed by atoms with E-state index < -0.39 is 0 Å². The second kappa shape index (κ2) is 10.2. The van der Waals surface area contributed by atoms with Crippen LogP contribution in [0.3, 0.4) is 0 Å². The Balaban J connectivity index is 1.49. The number of benzene rings is 4. The standard InChI is InChI=1S/C28H20Cl2N2O2S/c1-17-23(30)7-4-8-24(17)31-28-32-27(33)26(35-28)15-22-21-6-3-2-5-19(21)11-14-25(22)34-16-18-9-12-20(29)13-10-18/h2-15H,16H2,1H3,(H,31,32,33)/b26-15-. The molecule has 1 N–H and O–H groups in total. The number of fused-ring (bicyclic) bond motifs is 1. The van der Waals surface area contributed by atoms with Gasteiger partial charge in [0, 0.05) is 15.6 Å². The van der Waals surface area contributed by atoms with E-state index in [1.54, 1.807) is 0 Å². The lowest BCUT2D eigenvalue weighted by Crippen LogP contribution is -2.19. The summed E-state index contributed by atoms with van der Waals surface area (Å²) < 4.78 is 6.19. The number of nitrogens with zero attached hydrogens (tertiary/aromatic N) is 1. The van der Waals surface area contributed by atoms with E-state index in [0.717, 1.165) is 33.2 Å². The summed E-state index contributed by atoms with van der Waals surface area (Å²) in [6.45, 7) is 2.28. The molecule has 35 heavy (non-hydrogen) atoms. The summed E-state index contributed by atoms with van der Waals surface area (Å²) in [7, 11) is 0. The summed E-state index contributed by atoms with van der Waals surface area (Å²) in [5, 5.41) is 6.74. The molecule has 0 aliphatic carbocycles. The van der Waals surface area contributed by atoms with E-state index in [4.69, 9.17) is 27.9 Å². The molecule has 0 atom stereocenters. The number of amidine groups is 1. The molecule has 5 rings (SSSR count). The third-order valence-electron chi connectivity index (χ3n) is 5.63. The lowest BCUT2D eigenvalue weighted by Gasteiger charge is -2.13. The summed E-state index contributed by atoms with van der Waals surface area (Å²) >= 11 is 13.5. The van der Waals surface area contributed by atoms with Gasteiger partial charge in [-0.15, -0.1) is 0 Å². The van der Waals surface area contributed by atoms with E-state index in [1.807, 2.05) is 91.9 Å². The lowest BCUT2D eigenvalue weighted by atomic mass is 10.0. The Hall–Kier alpha value is -3.25. The topological polar surface area (TPSA) is 50.7 Å². The fourth-order valence-electron chi connectivity index (χ4n) is 3.73. The van der Waals surface area contributed by atoms with Gasteiger partial charge in [-0.05, 0) is 77.0 Å². The highest BCUT2D eigenvalue weighted by atomic mass is 35.5. The molecule has 1 heterocycles. The maximum absolute atomic E-state index is 12.8. The van der Waals surface area contributed by atoms with E-state index in [2.05, 4.69) is 10.3 Å². The van der Waals surface area contributed by atoms with Crippen LogP contribution < -0.4 is 10.1 Å². The van der Waals surface area contributed by atoms with Crippen LogP contribution in [0.4, 0.5) is 5.69 Å². The molecule has 0 aromatic heterocycles. The van der Waals surface area contributed by atoms with Crippen LogP contribution in [0.25, 0.3) is 16.8 Å². The average molecular weight is 519 g/mol. The fourth-order valence-corrected chi connectivity index (χ4v) is 4.84. The minimum Gasteiger partial charge on any atom is -0.488 e. The van der Waals surface area contributed by atoms with Gasteiger partial charge in [0.2, 0.25) is 0 Å². The van der Waals surface area contributed by atoms with E-state index in [9.17, 15) is 4.79 Å². The van der Waals surface area contributed by atoms with Gasteiger partial charge in [-0.2, -0.15) is 0 Å². The molecule has 4 aromatic carbocycles. The van der Waals surface area contributed by atoms with Crippen LogP contribution in [0, 0.1) is 6.92 Å². The lowest BCUT2D eigenvalue weighted by molar-refractivity contribution is -0.115. The molecular formula is C28H20Cl2N2O2S. The van der Waals surface area contributed by atoms with E-state index in [1.165, 1.54) is 11.8 Å². The number of ether oxygens (including phenoxy) is 1. The minimum absolute atomic E-state index is 0.204. The van der Waals surface area contributed by atoms with Crippen molar-refractivity contribution in [1.82, 2.24) is 5.32 Å². The van der Waals surface area contributed by atoms with Crippen molar-refractivity contribution in [1.29, 1.82) is 0 Å². The molecule has 1 fully saturated rings. The normalized spacial score (nSPS) is 15.7. The molecular weight excluding hydrogens is 499 g/mol. The summed E-state index contributed by atoms with van der Waals surface area (Å²) in [5.41, 5.74) is 3.43.